The molecule has 0 saturated carbocycles. The van der Waals surface area contributed by atoms with Gasteiger partial charge in [-0.3, -0.25) is 4.90 Å². The lowest BCUT2D eigenvalue weighted by Crippen LogP contribution is -2.44. The topological polar surface area (TPSA) is 23.6 Å². The largest absolute Gasteiger partial charge is 0.324 e. The van der Waals surface area contributed by atoms with Gasteiger partial charge in [0.25, 0.3) is 0 Å². The first-order valence-electron chi connectivity index (χ1n) is 6.43. The third-order valence-electron chi connectivity index (χ3n) is 3.79. The van der Waals surface area contributed by atoms with Gasteiger partial charge in [-0.15, -0.1) is 0 Å². The molecule has 1 fully saturated rings. The van der Waals surface area contributed by atoms with E-state index in [2.05, 4.69) is 25.1 Å². The Balaban J connectivity index is 1.89. The fourth-order valence-corrected chi connectivity index (χ4v) is 2.92. The lowest BCUT2D eigenvalue weighted by atomic mass is 10.1. The van der Waals surface area contributed by atoms with Gasteiger partial charge in [0.1, 0.15) is 0 Å². The minimum absolute atomic E-state index is 0.194. The van der Waals surface area contributed by atoms with Gasteiger partial charge >= 0.3 is 6.03 Å². The number of hydrogen-bond acceptors (Lipinski definition) is 1. The fraction of sp³-hybridized carbons (Fsp3) is 0.500. The minimum atomic E-state index is 0.194. The maximum atomic E-state index is 12.5. The monoisotopic (exact) mass is 230 g/mol. The highest BCUT2D eigenvalue weighted by Crippen LogP contribution is 2.33. The molecule has 1 aromatic carbocycles. The number of rotatable bonds is 0. The van der Waals surface area contributed by atoms with E-state index in [1.165, 1.54) is 5.56 Å². The first kappa shape index (κ1) is 10.6. The molecule has 3 rings (SSSR count). The van der Waals surface area contributed by atoms with Crippen LogP contribution in [0.15, 0.2) is 24.3 Å². The van der Waals surface area contributed by atoms with Gasteiger partial charge in [0, 0.05) is 24.8 Å². The van der Waals surface area contributed by atoms with Gasteiger partial charge in [0.2, 0.25) is 0 Å². The zero-order valence-corrected chi connectivity index (χ0v) is 10.2. The Morgan fingerprint density at radius 1 is 1.24 bits per heavy atom. The van der Waals surface area contributed by atoms with E-state index in [1.807, 2.05) is 15.9 Å². The molecule has 2 aliphatic rings. The molecule has 0 aromatic heterocycles. The van der Waals surface area contributed by atoms with Crippen LogP contribution in [0.4, 0.5) is 10.5 Å². The molecule has 2 heterocycles. The molecule has 2 amide bonds. The molecule has 0 radical (unpaired) electrons. The first-order chi connectivity index (χ1) is 8.27. The second kappa shape index (κ2) is 4.06. The maximum absolute atomic E-state index is 12.5. The SMILES string of the molecule is CC1Cc2ccccc2N1C(=O)N1CCCC1. The van der Waals surface area contributed by atoms with Gasteiger partial charge in [-0.05, 0) is 37.8 Å². The summed E-state index contributed by atoms with van der Waals surface area (Å²) in [5, 5.41) is 0. The molecule has 0 bridgehead atoms. The number of likely N-dealkylation sites (tertiary alicyclic amines) is 1. The van der Waals surface area contributed by atoms with Crippen LogP contribution in [0.2, 0.25) is 0 Å². The van der Waals surface area contributed by atoms with Crippen LogP contribution in [-0.4, -0.2) is 30.1 Å². The molecule has 3 heteroatoms. The van der Waals surface area contributed by atoms with Gasteiger partial charge < -0.3 is 4.90 Å². The molecule has 90 valence electrons. The summed E-state index contributed by atoms with van der Waals surface area (Å²) in [5.74, 6) is 0. The van der Waals surface area contributed by atoms with E-state index >= 15 is 0 Å². The summed E-state index contributed by atoms with van der Waals surface area (Å²) in [6.07, 6.45) is 3.28. The lowest BCUT2D eigenvalue weighted by Gasteiger charge is -2.28. The third kappa shape index (κ3) is 1.70. The predicted octanol–water partition coefficient (Wildman–Crippen LogP) is 2.65. The predicted molar refractivity (Wildman–Crippen MR) is 68.3 cm³/mol. The summed E-state index contributed by atoms with van der Waals surface area (Å²) in [5.41, 5.74) is 2.41. The average molecular weight is 230 g/mol. The van der Waals surface area contributed by atoms with Gasteiger partial charge in [-0.25, -0.2) is 4.79 Å². The number of urea groups is 1. The summed E-state index contributed by atoms with van der Waals surface area (Å²) < 4.78 is 0. The second-order valence-electron chi connectivity index (χ2n) is 5.03. The number of carbonyl (C=O) groups is 1. The van der Waals surface area contributed by atoms with Crippen molar-refractivity contribution in [3.05, 3.63) is 29.8 Å². The van der Waals surface area contributed by atoms with Crippen molar-refractivity contribution in [2.45, 2.75) is 32.2 Å². The molecule has 17 heavy (non-hydrogen) atoms. The zero-order valence-electron chi connectivity index (χ0n) is 10.2. The van der Waals surface area contributed by atoms with Crippen LogP contribution < -0.4 is 4.90 Å². The summed E-state index contributed by atoms with van der Waals surface area (Å²) in [7, 11) is 0. The quantitative estimate of drug-likeness (QED) is 0.672. The van der Waals surface area contributed by atoms with Crippen LogP contribution in [0, 0.1) is 0 Å². The molecule has 3 nitrogen and oxygen atoms in total. The normalized spacial score (nSPS) is 23.0. The van der Waals surface area contributed by atoms with E-state index in [4.69, 9.17) is 0 Å². The molecule has 0 N–H and O–H groups in total. The van der Waals surface area contributed by atoms with Crippen LogP contribution in [0.1, 0.15) is 25.3 Å². The van der Waals surface area contributed by atoms with Crippen molar-refractivity contribution < 1.29 is 4.79 Å². The van der Waals surface area contributed by atoms with Crippen LogP contribution in [0.5, 0.6) is 0 Å². The van der Waals surface area contributed by atoms with Gasteiger partial charge in [-0.2, -0.15) is 0 Å². The van der Waals surface area contributed by atoms with Crippen molar-refractivity contribution in [1.29, 1.82) is 0 Å². The van der Waals surface area contributed by atoms with E-state index in [-0.39, 0.29) is 6.03 Å². The van der Waals surface area contributed by atoms with Crippen LogP contribution in [0.25, 0.3) is 0 Å². The van der Waals surface area contributed by atoms with Crippen molar-refractivity contribution >= 4 is 11.7 Å². The van der Waals surface area contributed by atoms with Crippen molar-refractivity contribution in [1.82, 2.24) is 4.90 Å². The third-order valence-corrected chi connectivity index (χ3v) is 3.79. The Hall–Kier alpha value is -1.51. The number of amides is 2. The number of carbonyl (C=O) groups excluding carboxylic acids is 1. The molecule has 1 unspecified atom stereocenters. The van der Waals surface area contributed by atoms with Crippen LogP contribution in [0.3, 0.4) is 0 Å². The van der Waals surface area contributed by atoms with Crippen molar-refractivity contribution in [2.24, 2.45) is 0 Å². The Labute approximate surface area is 102 Å². The average Bonchev–Trinajstić information content (AvgIpc) is 2.94. The molecule has 1 aromatic rings. The number of nitrogens with zero attached hydrogens (tertiary/aromatic N) is 2. The lowest BCUT2D eigenvalue weighted by molar-refractivity contribution is 0.214. The zero-order chi connectivity index (χ0) is 11.8. The number of para-hydroxylation sites is 1. The van der Waals surface area contributed by atoms with E-state index in [0.29, 0.717) is 6.04 Å². The van der Waals surface area contributed by atoms with E-state index in [1.54, 1.807) is 0 Å². The number of fused-ring (bicyclic) bond motifs is 1. The van der Waals surface area contributed by atoms with Crippen molar-refractivity contribution in [2.75, 3.05) is 18.0 Å². The highest BCUT2D eigenvalue weighted by Gasteiger charge is 2.33. The Morgan fingerprint density at radius 2 is 1.94 bits per heavy atom. The first-order valence-corrected chi connectivity index (χ1v) is 6.43. The molecule has 0 aliphatic carbocycles. The Bertz CT molecular complexity index is 438. The Kier molecular flexibility index (Phi) is 2.54. The summed E-state index contributed by atoms with van der Waals surface area (Å²) >= 11 is 0. The smallest absolute Gasteiger partial charge is 0.324 e. The number of hydrogen-bond donors (Lipinski definition) is 0. The van der Waals surface area contributed by atoms with Crippen LogP contribution >= 0.6 is 0 Å². The van der Waals surface area contributed by atoms with E-state index < -0.39 is 0 Å². The molecular weight excluding hydrogens is 212 g/mol. The standard InChI is InChI=1S/C14H18N2O/c1-11-10-12-6-2-3-7-13(12)16(11)14(17)15-8-4-5-9-15/h2-3,6-7,11H,4-5,8-10H2,1H3. The van der Waals surface area contributed by atoms with Gasteiger partial charge in [-0.1, -0.05) is 18.2 Å². The summed E-state index contributed by atoms with van der Waals surface area (Å²) in [6.45, 7) is 3.97. The maximum Gasteiger partial charge on any atom is 0.324 e. The molecular formula is C14H18N2O. The van der Waals surface area contributed by atoms with E-state index in [9.17, 15) is 4.79 Å². The Morgan fingerprint density at radius 3 is 2.71 bits per heavy atom. The van der Waals surface area contributed by atoms with Gasteiger partial charge in [0.05, 0.1) is 0 Å². The number of anilines is 1. The summed E-state index contributed by atoms with van der Waals surface area (Å²) in [6, 6.07) is 8.74. The summed E-state index contributed by atoms with van der Waals surface area (Å²) in [4.78, 5) is 16.4. The van der Waals surface area contributed by atoms with Crippen LogP contribution in [-0.2, 0) is 6.42 Å². The van der Waals surface area contributed by atoms with Crippen molar-refractivity contribution in [3.8, 4) is 0 Å². The second-order valence-corrected chi connectivity index (χ2v) is 5.03. The molecule has 0 spiro atoms. The molecule has 1 saturated heterocycles. The van der Waals surface area contributed by atoms with E-state index in [0.717, 1.165) is 38.0 Å². The highest BCUT2D eigenvalue weighted by molar-refractivity contribution is 5.95. The molecule has 2 aliphatic heterocycles. The van der Waals surface area contributed by atoms with Crippen molar-refractivity contribution in [3.63, 3.8) is 0 Å². The minimum Gasteiger partial charge on any atom is -0.324 e. The highest BCUT2D eigenvalue weighted by atomic mass is 16.2. The van der Waals surface area contributed by atoms with Gasteiger partial charge in [0.15, 0.2) is 0 Å². The number of benzene rings is 1. The fourth-order valence-electron chi connectivity index (χ4n) is 2.92. The molecule has 1 atom stereocenters.